The Labute approximate surface area is 183 Å². The number of carbonyl (C=O) groups excluding carboxylic acids is 3. The maximum Gasteiger partial charge on any atom is 0.408 e. The van der Waals surface area contributed by atoms with Gasteiger partial charge in [-0.05, 0) is 44.7 Å². The molecule has 0 radical (unpaired) electrons. The fraction of sp³-hybridized carbons (Fsp3) is 0.522. The molecule has 2 amide bonds. The Morgan fingerprint density at radius 1 is 1.10 bits per heavy atom. The molecular formula is C23H33FN2O5. The van der Waals surface area contributed by atoms with Gasteiger partial charge in [0.25, 0.3) is 0 Å². The summed E-state index contributed by atoms with van der Waals surface area (Å²) in [7, 11) is 1.24. The van der Waals surface area contributed by atoms with Crippen LogP contribution >= 0.6 is 0 Å². The van der Waals surface area contributed by atoms with Gasteiger partial charge in [-0.2, -0.15) is 0 Å². The van der Waals surface area contributed by atoms with E-state index < -0.39 is 41.5 Å². The van der Waals surface area contributed by atoms with Gasteiger partial charge in [0.2, 0.25) is 5.91 Å². The number of amides is 2. The number of hydrogen-bond donors (Lipinski definition) is 2. The first-order valence-electron chi connectivity index (χ1n) is 10.2. The van der Waals surface area contributed by atoms with Gasteiger partial charge in [0.15, 0.2) is 0 Å². The minimum Gasteiger partial charge on any atom is -0.467 e. The van der Waals surface area contributed by atoms with E-state index in [1.807, 2.05) is 30.3 Å². The minimum absolute atomic E-state index is 0.181. The summed E-state index contributed by atoms with van der Waals surface area (Å²) >= 11 is 0. The Hall–Kier alpha value is -2.90. The van der Waals surface area contributed by atoms with Crippen molar-refractivity contribution >= 4 is 18.0 Å². The van der Waals surface area contributed by atoms with Crippen molar-refractivity contribution in [3.05, 3.63) is 47.8 Å². The van der Waals surface area contributed by atoms with Crippen molar-refractivity contribution in [2.75, 3.05) is 7.11 Å². The second kappa shape index (κ2) is 12.1. The molecule has 31 heavy (non-hydrogen) atoms. The van der Waals surface area contributed by atoms with E-state index in [2.05, 4.69) is 15.4 Å². The first-order valence-corrected chi connectivity index (χ1v) is 10.2. The minimum atomic E-state index is -1.01. The summed E-state index contributed by atoms with van der Waals surface area (Å²) in [6.07, 6.45) is 0.218. The van der Waals surface area contributed by atoms with Gasteiger partial charge in [-0.15, -0.1) is 0 Å². The van der Waals surface area contributed by atoms with Crippen molar-refractivity contribution in [3.63, 3.8) is 0 Å². The van der Waals surface area contributed by atoms with E-state index in [0.717, 1.165) is 11.6 Å². The zero-order valence-electron chi connectivity index (χ0n) is 19.0. The van der Waals surface area contributed by atoms with Crippen molar-refractivity contribution in [2.24, 2.45) is 5.92 Å². The van der Waals surface area contributed by atoms with Gasteiger partial charge in [0.05, 0.1) is 13.2 Å². The van der Waals surface area contributed by atoms with Crippen molar-refractivity contribution in [1.29, 1.82) is 0 Å². The second-order valence-corrected chi connectivity index (χ2v) is 8.49. The molecule has 0 aromatic heterocycles. The number of ether oxygens (including phenoxy) is 2. The maximum atomic E-state index is 14.9. The fourth-order valence-corrected chi connectivity index (χ4v) is 2.71. The lowest BCUT2D eigenvalue weighted by Gasteiger charge is -2.23. The summed E-state index contributed by atoms with van der Waals surface area (Å²) < 4.78 is 24.9. The smallest absolute Gasteiger partial charge is 0.408 e. The molecule has 0 fully saturated rings. The number of benzene rings is 1. The van der Waals surface area contributed by atoms with Gasteiger partial charge < -0.3 is 20.1 Å². The molecule has 0 aliphatic carbocycles. The molecule has 0 saturated carbocycles. The molecule has 1 rings (SSSR count). The molecule has 1 aromatic rings. The zero-order chi connectivity index (χ0) is 23.6. The zero-order valence-corrected chi connectivity index (χ0v) is 19.0. The highest BCUT2D eigenvalue weighted by molar-refractivity contribution is 5.85. The number of methoxy groups -OCH3 is 1. The van der Waals surface area contributed by atoms with Crippen LogP contribution in [0.5, 0.6) is 0 Å². The Morgan fingerprint density at radius 2 is 1.71 bits per heavy atom. The van der Waals surface area contributed by atoms with Gasteiger partial charge in [-0.1, -0.05) is 44.2 Å². The molecule has 7 nitrogen and oxygen atoms in total. The Morgan fingerprint density at radius 3 is 2.23 bits per heavy atom. The predicted octanol–water partition coefficient (Wildman–Crippen LogP) is 3.68. The van der Waals surface area contributed by atoms with Gasteiger partial charge >= 0.3 is 12.1 Å². The van der Waals surface area contributed by atoms with E-state index in [9.17, 15) is 18.8 Å². The van der Waals surface area contributed by atoms with Crippen LogP contribution in [0.1, 0.15) is 46.6 Å². The quantitative estimate of drug-likeness (QED) is 0.576. The summed E-state index contributed by atoms with van der Waals surface area (Å²) in [6.45, 7) is 8.66. The number of alkyl carbamates (subject to hydrolysis) is 1. The van der Waals surface area contributed by atoms with Crippen LogP contribution in [0.25, 0.3) is 0 Å². The lowest BCUT2D eigenvalue weighted by Crippen LogP contribution is -2.45. The third-order valence-electron chi connectivity index (χ3n) is 4.23. The number of hydrogen-bond acceptors (Lipinski definition) is 5. The molecule has 172 valence electrons. The van der Waals surface area contributed by atoms with Gasteiger partial charge in [0.1, 0.15) is 17.5 Å². The number of rotatable bonds is 9. The molecule has 0 aliphatic rings. The van der Waals surface area contributed by atoms with Crippen molar-refractivity contribution in [1.82, 2.24) is 10.6 Å². The monoisotopic (exact) mass is 436 g/mol. The van der Waals surface area contributed by atoms with Crippen molar-refractivity contribution in [2.45, 2.75) is 65.1 Å². The molecule has 0 aliphatic heterocycles. The average Bonchev–Trinajstić information content (AvgIpc) is 2.68. The first-order chi connectivity index (χ1) is 14.4. The number of halogens is 1. The van der Waals surface area contributed by atoms with Crippen LogP contribution in [0.2, 0.25) is 0 Å². The number of esters is 1. The lowest BCUT2D eigenvalue weighted by atomic mass is 10.0. The molecule has 0 heterocycles. The van der Waals surface area contributed by atoms with E-state index in [-0.39, 0.29) is 18.8 Å². The van der Waals surface area contributed by atoms with E-state index in [0.29, 0.717) is 0 Å². The Kier molecular flexibility index (Phi) is 10.2. The van der Waals surface area contributed by atoms with Crippen LogP contribution in [0.15, 0.2) is 42.2 Å². The van der Waals surface area contributed by atoms with Crippen LogP contribution in [0, 0.1) is 5.92 Å². The predicted molar refractivity (Wildman–Crippen MR) is 116 cm³/mol. The van der Waals surface area contributed by atoms with Gasteiger partial charge in [-0.3, -0.25) is 4.79 Å². The van der Waals surface area contributed by atoms with Crippen LogP contribution in [0.3, 0.4) is 0 Å². The lowest BCUT2D eigenvalue weighted by molar-refractivity contribution is -0.146. The summed E-state index contributed by atoms with van der Waals surface area (Å²) in [4.78, 5) is 36.2. The second-order valence-electron chi connectivity index (χ2n) is 8.49. The van der Waals surface area contributed by atoms with Crippen molar-refractivity contribution < 1.29 is 28.2 Å². The van der Waals surface area contributed by atoms with Gasteiger partial charge in [0, 0.05) is 6.42 Å². The molecule has 0 unspecified atom stereocenters. The number of carbonyl (C=O) groups is 3. The molecule has 0 spiro atoms. The molecule has 1 aromatic carbocycles. The third-order valence-corrected chi connectivity index (χ3v) is 4.23. The average molecular weight is 437 g/mol. The summed E-state index contributed by atoms with van der Waals surface area (Å²) in [6, 6.07) is 7.26. The summed E-state index contributed by atoms with van der Waals surface area (Å²) in [5.74, 6) is -1.97. The Balaban J connectivity index is 2.90. The summed E-state index contributed by atoms with van der Waals surface area (Å²) in [5.41, 5.74) is 0.0726. The highest BCUT2D eigenvalue weighted by Gasteiger charge is 2.25. The van der Waals surface area contributed by atoms with E-state index in [4.69, 9.17) is 4.74 Å². The molecule has 8 heteroatoms. The molecule has 0 bridgehead atoms. The molecule has 2 atom stereocenters. The Bertz CT molecular complexity index is 772. The largest absolute Gasteiger partial charge is 0.467 e. The van der Waals surface area contributed by atoms with E-state index in [1.165, 1.54) is 7.11 Å². The van der Waals surface area contributed by atoms with E-state index in [1.54, 1.807) is 34.6 Å². The van der Waals surface area contributed by atoms with Crippen LogP contribution in [-0.2, 0) is 25.5 Å². The topological polar surface area (TPSA) is 93.7 Å². The molecule has 2 N–H and O–H groups in total. The maximum absolute atomic E-state index is 14.9. The summed E-state index contributed by atoms with van der Waals surface area (Å²) in [5, 5.41) is 5.07. The fourth-order valence-electron chi connectivity index (χ4n) is 2.71. The molecular weight excluding hydrogens is 403 g/mol. The normalized spacial score (nSPS) is 13.9. The van der Waals surface area contributed by atoms with Gasteiger partial charge in [-0.25, -0.2) is 14.0 Å². The first kappa shape index (κ1) is 26.1. The van der Waals surface area contributed by atoms with E-state index >= 15 is 0 Å². The highest BCUT2D eigenvalue weighted by atomic mass is 19.1. The van der Waals surface area contributed by atoms with Crippen molar-refractivity contribution in [3.8, 4) is 0 Å². The molecule has 0 saturated heterocycles. The third kappa shape index (κ3) is 10.1. The SMILES string of the molecule is COC(=O)[C@@H](NC(=O)C/C=C(\F)[C@H](Cc1ccccc1)NC(=O)OC(C)(C)C)C(C)C. The van der Waals surface area contributed by atoms with Crippen LogP contribution in [0.4, 0.5) is 9.18 Å². The standard InChI is InChI=1S/C23H33FN2O5/c1-15(2)20(21(28)30-6)26-19(27)13-12-17(24)18(14-16-10-8-7-9-11-16)25-22(29)31-23(3,4)5/h7-12,15,18,20H,13-14H2,1-6H3,(H,25,29)(H,26,27)/b17-12-/t18-,20-/m0/s1. The number of nitrogens with one attached hydrogen (secondary N) is 2. The highest BCUT2D eigenvalue weighted by Crippen LogP contribution is 2.15. The van der Waals surface area contributed by atoms with Crippen LogP contribution < -0.4 is 10.6 Å². The van der Waals surface area contributed by atoms with Crippen LogP contribution in [-0.4, -0.2) is 42.8 Å².